The molecule has 0 atom stereocenters. The summed E-state index contributed by atoms with van der Waals surface area (Å²) in [4.78, 5) is 30.8. The van der Waals surface area contributed by atoms with Crippen LogP contribution in [-0.2, 0) is 20.8 Å². The number of methoxy groups -OCH3 is 2. The zero-order valence-electron chi connectivity index (χ0n) is 26.3. The highest BCUT2D eigenvalue weighted by atomic mass is 16.5. The maximum Gasteiger partial charge on any atom is 0.318 e. The van der Waals surface area contributed by atoms with E-state index in [9.17, 15) is 9.59 Å². The summed E-state index contributed by atoms with van der Waals surface area (Å²) in [5, 5.41) is 8.48. The minimum absolute atomic E-state index is 0.186. The zero-order valence-corrected chi connectivity index (χ0v) is 26.3. The number of nitrogens with zero attached hydrogens (tertiary/aromatic N) is 2. The van der Waals surface area contributed by atoms with Gasteiger partial charge in [0.05, 0.1) is 25.5 Å². The van der Waals surface area contributed by atoms with Crippen molar-refractivity contribution in [2.45, 2.75) is 52.0 Å². The highest BCUT2D eigenvalue weighted by Crippen LogP contribution is 2.21. The molecular weight excluding hydrogens is 560 g/mol. The normalized spacial score (nSPS) is 12.0. The molecule has 1 heterocycles. The van der Waals surface area contributed by atoms with Crippen LogP contribution >= 0.6 is 0 Å². The van der Waals surface area contributed by atoms with Crippen LogP contribution in [0.4, 0.5) is 11.5 Å². The molecule has 1 aliphatic rings. The third-order valence-electron chi connectivity index (χ3n) is 6.49. The number of amides is 2. The van der Waals surface area contributed by atoms with Gasteiger partial charge in [0.25, 0.3) is 5.91 Å². The van der Waals surface area contributed by atoms with E-state index in [2.05, 4.69) is 30.7 Å². The summed E-state index contributed by atoms with van der Waals surface area (Å²) in [6.07, 6.45) is 9.65. The average Bonchev–Trinajstić information content (AvgIpc) is 3.06. The SMILES string of the molecule is C1CCCCC1.CCNc1cc(CNC(=O)c2ccc(-c3ccc(N)cc3)cc2)nc(OCCOC)n1.COCCNC=O. The monoisotopic (exact) mass is 608 g/mol. The van der Waals surface area contributed by atoms with Crippen molar-refractivity contribution >= 4 is 23.8 Å². The van der Waals surface area contributed by atoms with E-state index in [0.29, 0.717) is 62.1 Å². The molecule has 2 aromatic carbocycles. The van der Waals surface area contributed by atoms with Gasteiger partial charge >= 0.3 is 6.01 Å². The van der Waals surface area contributed by atoms with Crippen molar-refractivity contribution in [1.82, 2.24) is 20.6 Å². The first-order chi connectivity index (χ1) is 21.5. The first-order valence-corrected chi connectivity index (χ1v) is 15.1. The van der Waals surface area contributed by atoms with Crippen LogP contribution in [0.5, 0.6) is 6.01 Å². The molecule has 0 unspecified atom stereocenters. The van der Waals surface area contributed by atoms with Crippen LogP contribution in [0.15, 0.2) is 54.6 Å². The molecule has 0 saturated heterocycles. The Bertz CT molecular complexity index is 1190. The van der Waals surface area contributed by atoms with Gasteiger partial charge in [-0.3, -0.25) is 9.59 Å². The molecule has 0 bridgehead atoms. The third kappa shape index (κ3) is 14.8. The number of anilines is 2. The lowest BCUT2D eigenvalue weighted by atomic mass is 10.0. The Morgan fingerprint density at radius 1 is 0.864 bits per heavy atom. The number of nitrogens with one attached hydrogen (secondary N) is 3. The molecule has 1 saturated carbocycles. The lowest BCUT2D eigenvalue weighted by molar-refractivity contribution is -0.109. The second-order valence-corrected chi connectivity index (χ2v) is 9.97. The van der Waals surface area contributed by atoms with Crippen molar-refractivity contribution in [3.63, 3.8) is 0 Å². The number of nitrogens with two attached hydrogens (primary N) is 1. The van der Waals surface area contributed by atoms with E-state index in [1.165, 1.54) is 38.5 Å². The summed E-state index contributed by atoms with van der Waals surface area (Å²) in [6.45, 7) is 4.90. The number of hydrogen-bond acceptors (Lipinski definition) is 9. The van der Waals surface area contributed by atoms with Crippen LogP contribution < -0.4 is 26.4 Å². The number of carbonyl (C=O) groups is 2. The van der Waals surface area contributed by atoms with Gasteiger partial charge in [-0.05, 0) is 42.3 Å². The molecule has 11 heteroatoms. The molecule has 240 valence electrons. The van der Waals surface area contributed by atoms with Crippen LogP contribution in [0, 0.1) is 0 Å². The summed E-state index contributed by atoms with van der Waals surface area (Å²) in [5.74, 6) is 0.455. The number of nitrogen functional groups attached to an aromatic ring is 1. The van der Waals surface area contributed by atoms with Crippen molar-refractivity contribution in [2.75, 3.05) is 58.2 Å². The van der Waals surface area contributed by atoms with E-state index >= 15 is 0 Å². The van der Waals surface area contributed by atoms with Crippen molar-refractivity contribution in [1.29, 1.82) is 0 Å². The smallest absolute Gasteiger partial charge is 0.318 e. The van der Waals surface area contributed by atoms with Crippen LogP contribution in [0.25, 0.3) is 11.1 Å². The summed E-state index contributed by atoms with van der Waals surface area (Å²) in [7, 11) is 3.19. The average molecular weight is 609 g/mol. The van der Waals surface area contributed by atoms with Crippen LogP contribution in [0.2, 0.25) is 0 Å². The van der Waals surface area contributed by atoms with Crippen LogP contribution in [-0.4, -0.2) is 69.4 Å². The molecule has 3 aromatic rings. The maximum absolute atomic E-state index is 12.6. The molecule has 1 aliphatic carbocycles. The Kier molecular flexibility index (Phi) is 18.3. The van der Waals surface area contributed by atoms with Gasteiger partial charge in [0.2, 0.25) is 6.41 Å². The summed E-state index contributed by atoms with van der Waals surface area (Å²) >= 11 is 0. The van der Waals surface area contributed by atoms with E-state index < -0.39 is 0 Å². The van der Waals surface area contributed by atoms with E-state index in [1.807, 2.05) is 43.3 Å². The summed E-state index contributed by atoms with van der Waals surface area (Å²) in [6, 6.07) is 17.1. The van der Waals surface area contributed by atoms with Crippen molar-refractivity contribution in [3.05, 3.63) is 65.9 Å². The molecule has 1 fully saturated rings. The third-order valence-corrected chi connectivity index (χ3v) is 6.49. The fraction of sp³-hybridized carbons (Fsp3) is 0.455. The summed E-state index contributed by atoms with van der Waals surface area (Å²) in [5.41, 5.74) is 9.72. The minimum Gasteiger partial charge on any atom is -0.461 e. The fourth-order valence-corrected chi connectivity index (χ4v) is 4.16. The van der Waals surface area contributed by atoms with Gasteiger partial charge < -0.3 is 35.9 Å². The second kappa shape index (κ2) is 22.3. The molecule has 11 nitrogen and oxygen atoms in total. The Hall–Kier alpha value is -4.22. The lowest BCUT2D eigenvalue weighted by Crippen LogP contribution is -2.23. The predicted molar refractivity (Wildman–Crippen MR) is 175 cm³/mol. The molecule has 2 amide bonds. The zero-order chi connectivity index (χ0) is 31.8. The molecule has 44 heavy (non-hydrogen) atoms. The van der Waals surface area contributed by atoms with Crippen LogP contribution in [0.1, 0.15) is 61.5 Å². The largest absolute Gasteiger partial charge is 0.461 e. The number of aromatic nitrogens is 2. The van der Waals surface area contributed by atoms with Gasteiger partial charge in [0, 0.05) is 44.6 Å². The molecular formula is C33H48N6O5. The Labute approximate surface area is 261 Å². The van der Waals surface area contributed by atoms with Crippen molar-refractivity contribution < 1.29 is 23.8 Å². The molecule has 0 spiro atoms. The van der Waals surface area contributed by atoms with Gasteiger partial charge in [0.1, 0.15) is 12.4 Å². The topological polar surface area (TPSA) is 150 Å². The Balaban J connectivity index is 0.000000429. The first kappa shape index (κ1) is 36.0. The molecule has 4 rings (SSSR count). The van der Waals surface area contributed by atoms with Gasteiger partial charge in [-0.15, -0.1) is 0 Å². The van der Waals surface area contributed by atoms with E-state index in [4.69, 9.17) is 15.2 Å². The molecule has 5 N–H and O–H groups in total. The van der Waals surface area contributed by atoms with E-state index in [-0.39, 0.29) is 18.5 Å². The van der Waals surface area contributed by atoms with Crippen molar-refractivity contribution in [3.8, 4) is 17.1 Å². The predicted octanol–water partition coefficient (Wildman–Crippen LogP) is 4.83. The molecule has 0 radical (unpaired) electrons. The van der Waals surface area contributed by atoms with E-state index in [0.717, 1.165) is 11.1 Å². The van der Waals surface area contributed by atoms with Gasteiger partial charge in [0.15, 0.2) is 0 Å². The highest BCUT2D eigenvalue weighted by Gasteiger charge is 2.10. The van der Waals surface area contributed by atoms with Crippen molar-refractivity contribution in [2.24, 2.45) is 0 Å². The Morgan fingerprint density at radius 3 is 2.00 bits per heavy atom. The second-order valence-electron chi connectivity index (χ2n) is 9.97. The van der Waals surface area contributed by atoms with Gasteiger partial charge in [-0.2, -0.15) is 9.97 Å². The fourth-order valence-electron chi connectivity index (χ4n) is 4.16. The number of carbonyl (C=O) groups excluding carboxylic acids is 2. The molecule has 0 aliphatic heterocycles. The number of ether oxygens (including phenoxy) is 3. The van der Waals surface area contributed by atoms with Gasteiger partial charge in [-0.1, -0.05) is 62.8 Å². The standard InChI is InChI=1S/C23H27N5O3.C6H12.C4H9NO2/c1-3-25-21-14-20(27-23(28-21)31-13-12-30-2)15-26-22(29)18-6-4-16(5-7-18)17-8-10-19(24)11-9-17;1-2-4-6-5-3-1;1-7-3-2-5-4-6/h4-11,14H,3,12-13,15,24H2,1-2H3,(H,26,29)(H,25,27,28);1-6H2;4H,2-3H2,1H3,(H,5,6). The van der Waals surface area contributed by atoms with E-state index in [1.54, 1.807) is 32.4 Å². The number of benzene rings is 2. The maximum atomic E-state index is 12.6. The summed E-state index contributed by atoms with van der Waals surface area (Å²) < 4.78 is 15.1. The Morgan fingerprint density at radius 2 is 1.45 bits per heavy atom. The van der Waals surface area contributed by atoms with Crippen LogP contribution in [0.3, 0.4) is 0 Å². The lowest BCUT2D eigenvalue weighted by Gasteiger charge is -2.11. The minimum atomic E-state index is -0.186. The number of rotatable bonds is 14. The van der Waals surface area contributed by atoms with Gasteiger partial charge in [-0.25, -0.2) is 0 Å². The first-order valence-electron chi connectivity index (χ1n) is 15.1. The highest BCUT2D eigenvalue weighted by molar-refractivity contribution is 5.94. The number of hydrogen-bond donors (Lipinski definition) is 4. The molecule has 1 aromatic heterocycles. The quantitative estimate of drug-likeness (QED) is 0.115.